The van der Waals surface area contributed by atoms with Crippen LogP contribution in [0.2, 0.25) is 0 Å². The van der Waals surface area contributed by atoms with E-state index in [0.717, 1.165) is 20.0 Å². The number of carbonyl (C=O) groups excluding carboxylic acids is 1. The number of benzene rings is 1. The molecule has 10 heteroatoms. The summed E-state index contributed by atoms with van der Waals surface area (Å²) in [6.45, 7) is 2.22. The number of para-hydroxylation sites is 1. The van der Waals surface area contributed by atoms with Crippen LogP contribution in [-0.4, -0.2) is 26.8 Å². The van der Waals surface area contributed by atoms with E-state index in [1.807, 2.05) is 31.2 Å². The minimum Gasteiger partial charge on any atom is -0.472 e. The Morgan fingerprint density at radius 3 is 2.97 bits per heavy atom. The molecule has 0 saturated carbocycles. The van der Waals surface area contributed by atoms with Crippen molar-refractivity contribution >= 4 is 22.9 Å². The Balaban J connectivity index is 1.52. The third-order valence-corrected chi connectivity index (χ3v) is 5.89. The molecule has 0 bridgehead atoms. The highest BCUT2D eigenvalue weighted by molar-refractivity contribution is 7.12. The molecule has 30 heavy (non-hydrogen) atoms. The van der Waals surface area contributed by atoms with Gasteiger partial charge in [-0.15, -0.1) is 11.3 Å². The van der Waals surface area contributed by atoms with Crippen LogP contribution in [0.3, 0.4) is 0 Å². The average Bonchev–Trinajstić information content (AvgIpc) is 3.33. The third kappa shape index (κ3) is 3.79. The van der Waals surface area contributed by atoms with E-state index in [9.17, 15) is 14.0 Å². The van der Waals surface area contributed by atoms with Crippen molar-refractivity contribution in [3.8, 4) is 5.75 Å². The summed E-state index contributed by atoms with van der Waals surface area (Å²) in [7, 11) is 0. The van der Waals surface area contributed by atoms with E-state index in [4.69, 9.17) is 10.5 Å². The zero-order valence-corrected chi connectivity index (χ0v) is 17.0. The molecule has 1 amide bonds. The normalized spacial score (nSPS) is 16.2. The van der Waals surface area contributed by atoms with E-state index in [1.54, 1.807) is 6.07 Å². The SMILES string of the molecule is Cc1cccc2c1OC(c1ccc(Cn3cnn(C/C(=C/F)CN)c3=O)s1)C(=O)N2. The zero-order valence-electron chi connectivity index (χ0n) is 16.2. The highest BCUT2D eigenvalue weighted by atomic mass is 32.1. The van der Waals surface area contributed by atoms with Crippen molar-refractivity contribution in [2.45, 2.75) is 26.1 Å². The number of hydrogen-bond acceptors (Lipinski definition) is 6. The number of carbonyl (C=O) groups is 1. The molecule has 1 aliphatic rings. The van der Waals surface area contributed by atoms with Gasteiger partial charge in [-0.2, -0.15) is 5.10 Å². The fourth-order valence-corrected chi connectivity index (χ4v) is 4.22. The number of aromatic nitrogens is 3. The number of hydrogen-bond donors (Lipinski definition) is 2. The summed E-state index contributed by atoms with van der Waals surface area (Å²) >= 11 is 1.39. The van der Waals surface area contributed by atoms with Gasteiger partial charge in [0.25, 0.3) is 5.91 Å². The molecule has 3 N–H and O–H groups in total. The number of anilines is 1. The van der Waals surface area contributed by atoms with Gasteiger partial charge in [0.15, 0.2) is 0 Å². The number of fused-ring (bicyclic) bond motifs is 1. The van der Waals surface area contributed by atoms with Crippen LogP contribution >= 0.6 is 11.3 Å². The molecule has 0 aliphatic carbocycles. The summed E-state index contributed by atoms with van der Waals surface area (Å²) in [6.07, 6.45) is 1.04. The van der Waals surface area contributed by atoms with Crippen molar-refractivity contribution in [1.82, 2.24) is 14.3 Å². The maximum atomic E-state index is 12.7. The lowest BCUT2D eigenvalue weighted by molar-refractivity contribution is -0.123. The van der Waals surface area contributed by atoms with Crippen LogP contribution in [0.25, 0.3) is 0 Å². The molecule has 0 radical (unpaired) electrons. The Morgan fingerprint density at radius 1 is 1.37 bits per heavy atom. The molecular formula is C20H20FN5O3S. The molecule has 1 aliphatic heterocycles. The minimum absolute atomic E-state index is 0.00334. The largest absolute Gasteiger partial charge is 0.472 e. The Labute approximate surface area is 175 Å². The zero-order chi connectivity index (χ0) is 21.3. The van der Waals surface area contributed by atoms with Crippen molar-refractivity contribution in [3.05, 3.63) is 74.4 Å². The lowest BCUT2D eigenvalue weighted by Crippen LogP contribution is -2.29. The standard InChI is InChI=1S/C20H20FN5O3S/c1-12-3-2-4-15-17(12)29-18(19(27)24-15)16-6-5-14(30-16)10-25-11-23-26(20(25)28)9-13(7-21)8-22/h2-7,11,18H,8-10,22H2,1H3,(H,24,27)/b13-7+. The van der Waals surface area contributed by atoms with Gasteiger partial charge in [-0.25, -0.2) is 13.9 Å². The van der Waals surface area contributed by atoms with Crippen LogP contribution in [0.5, 0.6) is 5.75 Å². The van der Waals surface area contributed by atoms with Crippen LogP contribution in [0.15, 0.2) is 53.4 Å². The minimum atomic E-state index is -0.751. The van der Waals surface area contributed by atoms with Crippen LogP contribution in [-0.2, 0) is 17.9 Å². The van der Waals surface area contributed by atoms with Gasteiger partial charge in [-0.3, -0.25) is 9.36 Å². The molecule has 4 rings (SSSR count). The predicted molar refractivity (Wildman–Crippen MR) is 111 cm³/mol. The van der Waals surface area contributed by atoms with Crippen LogP contribution in [0, 0.1) is 6.92 Å². The highest BCUT2D eigenvalue weighted by Gasteiger charge is 2.31. The number of rotatable bonds is 6. The molecule has 1 atom stereocenters. The second-order valence-corrected chi connectivity index (χ2v) is 8.11. The van der Waals surface area contributed by atoms with E-state index in [0.29, 0.717) is 17.8 Å². The number of ether oxygens (including phenoxy) is 1. The van der Waals surface area contributed by atoms with Crippen LogP contribution in [0.1, 0.15) is 21.4 Å². The molecule has 3 aromatic rings. The maximum absolute atomic E-state index is 12.7. The quantitative estimate of drug-likeness (QED) is 0.626. The van der Waals surface area contributed by atoms with Gasteiger partial charge in [0, 0.05) is 11.4 Å². The van der Waals surface area contributed by atoms with Gasteiger partial charge >= 0.3 is 5.69 Å². The van der Waals surface area contributed by atoms with Crippen molar-refractivity contribution in [3.63, 3.8) is 0 Å². The first-order chi connectivity index (χ1) is 14.5. The summed E-state index contributed by atoms with van der Waals surface area (Å²) in [5.74, 6) is 0.421. The third-order valence-electron chi connectivity index (χ3n) is 4.78. The number of amides is 1. The van der Waals surface area contributed by atoms with Gasteiger partial charge in [0.1, 0.15) is 12.1 Å². The van der Waals surface area contributed by atoms with Crippen molar-refractivity contribution in [1.29, 1.82) is 0 Å². The molecule has 2 aromatic heterocycles. The summed E-state index contributed by atoms with van der Waals surface area (Å²) in [5, 5.41) is 6.89. The van der Waals surface area contributed by atoms with Gasteiger partial charge < -0.3 is 15.8 Å². The second kappa shape index (κ2) is 8.25. The topological polar surface area (TPSA) is 104 Å². The summed E-state index contributed by atoms with van der Waals surface area (Å²) in [4.78, 5) is 26.6. The Kier molecular flexibility index (Phi) is 5.51. The highest BCUT2D eigenvalue weighted by Crippen LogP contribution is 2.39. The molecular weight excluding hydrogens is 409 g/mol. The van der Waals surface area contributed by atoms with E-state index in [2.05, 4.69) is 10.4 Å². The van der Waals surface area contributed by atoms with Crippen LogP contribution < -0.4 is 21.5 Å². The monoisotopic (exact) mass is 429 g/mol. The number of nitrogens with two attached hydrogens (primary N) is 1. The molecule has 156 valence electrons. The van der Waals surface area contributed by atoms with Crippen molar-refractivity contribution < 1.29 is 13.9 Å². The number of nitrogens with one attached hydrogen (secondary N) is 1. The number of thiophene rings is 1. The van der Waals surface area contributed by atoms with E-state index < -0.39 is 6.10 Å². The van der Waals surface area contributed by atoms with Gasteiger partial charge in [-0.05, 0) is 36.3 Å². The molecule has 1 unspecified atom stereocenters. The smallest absolute Gasteiger partial charge is 0.346 e. The summed E-state index contributed by atoms with van der Waals surface area (Å²) < 4.78 is 21.3. The molecule has 1 aromatic carbocycles. The lowest BCUT2D eigenvalue weighted by atomic mass is 10.1. The van der Waals surface area contributed by atoms with Crippen molar-refractivity contribution in [2.24, 2.45) is 5.73 Å². The Bertz CT molecular complexity index is 1180. The van der Waals surface area contributed by atoms with Gasteiger partial charge in [0.05, 0.1) is 30.0 Å². The van der Waals surface area contributed by atoms with Crippen molar-refractivity contribution in [2.75, 3.05) is 11.9 Å². The summed E-state index contributed by atoms with van der Waals surface area (Å²) in [5.41, 5.74) is 6.94. The first-order valence-corrected chi connectivity index (χ1v) is 10.1. The Morgan fingerprint density at radius 2 is 2.20 bits per heavy atom. The van der Waals surface area contributed by atoms with Gasteiger partial charge in [-0.1, -0.05) is 12.1 Å². The summed E-state index contributed by atoms with van der Waals surface area (Å²) in [6, 6.07) is 9.25. The average molecular weight is 429 g/mol. The molecule has 0 spiro atoms. The van der Waals surface area contributed by atoms with Crippen LogP contribution in [0.4, 0.5) is 10.1 Å². The Hall–Kier alpha value is -3.24. The molecule has 8 nitrogen and oxygen atoms in total. The first kappa shape index (κ1) is 20.0. The number of aryl methyl sites for hydroxylation is 1. The van der Waals surface area contributed by atoms with E-state index >= 15 is 0 Å². The van der Waals surface area contributed by atoms with Gasteiger partial charge in [0.2, 0.25) is 6.10 Å². The molecule has 0 saturated heterocycles. The van der Waals surface area contributed by atoms with E-state index in [-0.39, 0.29) is 36.8 Å². The first-order valence-electron chi connectivity index (χ1n) is 9.26. The maximum Gasteiger partial charge on any atom is 0.346 e. The molecule has 0 fully saturated rings. The van der Waals surface area contributed by atoms with E-state index in [1.165, 1.54) is 22.2 Å². The fourth-order valence-electron chi connectivity index (χ4n) is 3.18. The second-order valence-electron chi connectivity index (χ2n) is 6.91. The number of nitrogens with zero attached hydrogens (tertiary/aromatic N) is 3. The lowest BCUT2D eigenvalue weighted by Gasteiger charge is -2.26. The fraction of sp³-hybridized carbons (Fsp3) is 0.250. The molecule has 3 heterocycles. The number of halogens is 1. The predicted octanol–water partition coefficient (Wildman–Crippen LogP) is 2.35.